The number of aliphatic imine (C=N–C) groups is 1. The van der Waals surface area contributed by atoms with E-state index in [4.69, 9.17) is 9.47 Å². The number of carbonyl (C=O) groups is 1. The molecule has 0 bridgehead atoms. The molecular formula is C24H32N4O3. The standard InChI is InChI=1S/C24H32N4O3/c1-24(2,17-10-11-20(30-4)21(13-17)31-5)15-27-23(25-3)26-14-16-12-22(29)28-19-9-7-6-8-18(16)19/h6-11,13,16H,12,14-15H2,1-5H3,(H,28,29)(H2,25,26,27). The highest BCUT2D eigenvalue weighted by Gasteiger charge is 2.26. The molecule has 0 radical (unpaired) electrons. The van der Waals surface area contributed by atoms with Gasteiger partial charge in [0.25, 0.3) is 0 Å². The lowest BCUT2D eigenvalue weighted by Crippen LogP contribution is -2.45. The Morgan fingerprint density at radius 1 is 1.13 bits per heavy atom. The Morgan fingerprint density at radius 2 is 1.87 bits per heavy atom. The number of fused-ring (bicyclic) bond motifs is 1. The summed E-state index contributed by atoms with van der Waals surface area (Å²) in [4.78, 5) is 16.4. The average Bonchev–Trinajstić information content (AvgIpc) is 2.78. The van der Waals surface area contributed by atoms with Crippen LogP contribution in [0.4, 0.5) is 5.69 Å². The molecule has 0 aromatic heterocycles. The van der Waals surface area contributed by atoms with Crippen molar-refractivity contribution in [3.8, 4) is 11.5 Å². The van der Waals surface area contributed by atoms with Crippen LogP contribution in [-0.4, -0.2) is 46.2 Å². The zero-order valence-electron chi connectivity index (χ0n) is 18.9. The molecule has 3 N–H and O–H groups in total. The van der Waals surface area contributed by atoms with Gasteiger partial charge in [0, 0.05) is 43.6 Å². The van der Waals surface area contributed by atoms with Crippen LogP contribution in [0.5, 0.6) is 11.5 Å². The first kappa shape index (κ1) is 22.5. The van der Waals surface area contributed by atoms with Crippen molar-refractivity contribution in [3.05, 3.63) is 53.6 Å². The number of para-hydroxylation sites is 1. The van der Waals surface area contributed by atoms with Crippen LogP contribution in [0.25, 0.3) is 0 Å². The van der Waals surface area contributed by atoms with E-state index in [9.17, 15) is 4.79 Å². The van der Waals surface area contributed by atoms with Crippen molar-refractivity contribution in [3.63, 3.8) is 0 Å². The summed E-state index contributed by atoms with van der Waals surface area (Å²) >= 11 is 0. The van der Waals surface area contributed by atoms with E-state index in [1.54, 1.807) is 21.3 Å². The summed E-state index contributed by atoms with van der Waals surface area (Å²) in [6.45, 7) is 5.62. The molecule has 31 heavy (non-hydrogen) atoms. The molecule has 166 valence electrons. The number of nitrogens with zero attached hydrogens (tertiary/aromatic N) is 1. The van der Waals surface area contributed by atoms with Gasteiger partial charge in [-0.2, -0.15) is 0 Å². The Labute approximate surface area is 184 Å². The minimum atomic E-state index is -0.172. The number of hydrogen-bond acceptors (Lipinski definition) is 4. The third-order valence-corrected chi connectivity index (χ3v) is 5.71. The quantitative estimate of drug-likeness (QED) is 0.469. The van der Waals surface area contributed by atoms with Gasteiger partial charge in [-0.25, -0.2) is 0 Å². The maximum absolute atomic E-state index is 12.1. The number of anilines is 1. The first-order chi connectivity index (χ1) is 14.9. The molecule has 1 atom stereocenters. The van der Waals surface area contributed by atoms with Gasteiger partial charge in [-0.15, -0.1) is 0 Å². The van der Waals surface area contributed by atoms with Gasteiger partial charge in [-0.05, 0) is 29.3 Å². The lowest BCUT2D eigenvalue weighted by molar-refractivity contribution is -0.116. The second-order valence-corrected chi connectivity index (χ2v) is 8.30. The topological polar surface area (TPSA) is 84.0 Å². The van der Waals surface area contributed by atoms with Crippen molar-refractivity contribution in [1.29, 1.82) is 0 Å². The second-order valence-electron chi connectivity index (χ2n) is 8.30. The van der Waals surface area contributed by atoms with Crippen LogP contribution >= 0.6 is 0 Å². The van der Waals surface area contributed by atoms with Gasteiger partial charge in [-0.1, -0.05) is 38.1 Å². The number of rotatable bonds is 7. The van der Waals surface area contributed by atoms with Crippen LogP contribution in [0, 0.1) is 0 Å². The number of methoxy groups -OCH3 is 2. The van der Waals surface area contributed by atoms with E-state index < -0.39 is 0 Å². The number of ether oxygens (including phenoxy) is 2. The van der Waals surface area contributed by atoms with Crippen molar-refractivity contribution >= 4 is 17.6 Å². The van der Waals surface area contributed by atoms with Gasteiger partial charge in [0.2, 0.25) is 5.91 Å². The Bertz CT molecular complexity index is 956. The van der Waals surface area contributed by atoms with Crippen LogP contribution in [0.1, 0.15) is 37.3 Å². The molecular weight excluding hydrogens is 392 g/mol. The lowest BCUT2D eigenvalue weighted by Gasteiger charge is -2.29. The SMILES string of the molecule is CN=C(NCC1CC(=O)Nc2ccccc21)NCC(C)(C)c1ccc(OC)c(OC)c1. The Kier molecular flexibility index (Phi) is 7.05. The summed E-state index contributed by atoms with van der Waals surface area (Å²) in [7, 11) is 5.02. The number of nitrogens with one attached hydrogen (secondary N) is 3. The molecule has 1 amide bonds. The van der Waals surface area contributed by atoms with Crippen LogP contribution in [0.3, 0.4) is 0 Å². The molecule has 3 rings (SSSR count). The van der Waals surface area contributed by atoms with Crippen molar-refractivity contribution in [2.75, 3.05) is 39.7 Å². The summed E-state index contributed by atoms with van der Waals surface area (Å²) in [5.41, 5.74) is 3.00. The fourth-order valence-electron chi connectivity index (χ4n) is 3.79. The molecule has 0 saturated carbocycles. The predicted molar refractivity (Wildman–Crippen MR) is 124 cm³/mol. The van der Waals surface area contributed by atoms with E-state index >= 15 is 0 Å². The Hall–Kier alpha value is -3.22. The monoisotopic (exact) mass is 424 g/mol. The zero-order chi connectivity index (χ0) is 22.4. The van der Waals surface area contributed by atoms with Crippen LogP contribution in [0.15, 0.2) is 47.5 Å². The molecule has 0 aliphatic carbocycles. The van der Waals surface area contributed by atoms with E-state index in [0.717, 1.165) is 16.8 Å². The van der Waals surface area contributed by atoms with Gasteiger partial charge < -0.3 is 25.4 Å². The van der Waals surface area contributed by atoms with Gasteiger partial charge >= 0.3 is 0 Å². The molecule has 1 heterocycles. The first-order valence-corrected chi connectivity index (χ1v) is 10.4. The summed E-state index contributed by atoms with van der Waals surface area (Å²) in [6, 6.07) is 13.9. The van der Waals surface area contributed by atoms with Crippen molar-refractivity contribution in [2.45, 2.75) is 31.6 Å². The predicted octanol–water partition coefficient (Wildman–Crippen LogP) is 3.27. The van der Waals surface area contributed by atoms with Gasteiger partial charge in [-0.3, -0.25) is 9.79 Å². The number of hydrogen-bond donors (Lipinski definition) is 3. The second kappa shape index (κ2) is 9.73. The number of amides is 1. The minimum Gasteiger partial charge on any atom is -0.493 e. The minimum absolute atomic E-state index is 0.0445. The van der Waals surface area contributed by atoms with Crippen molar-refractivity contribution < 1.29 is 14.3 Å². The maximum Gasteiger partial charge on any atom is 0.225 e. The highest BCUT2D eigenvalue weighted by Crippen LogP contribution is 2.33. The summed E-state index contributed by atoms with van der Waals surface area (Å²) < 4.78 is 10.8. The fraction of sp³-hybridized carbons (Fsp3) is 0.417. The molecule has 1 aliphatic rings. The lowest BCUT2D eigenvalue weighted by atomic mass is 9.84. The van der Waals surface area contributed by atoms with E-state index in [1.807, 2.05) is 30.3 Å². The Morgan fingerprint density at radius 3 is 2.58 bits per heavy atom. The fourth-order valence-corrected chi connectivity index (χ4v) is 3.79. The largest absolute Gasteiger partial charge is 0.493 e. The zero-order valence-corrected chi connectivity index (χ0v) is 18.9. The molecule has 2 aromatic carbocycles. The average molecular weight is 425 g/mol. The smallest absolute Gasteiger partial charge is 0.225 e. The number of carbonyl (C=O) groups excluding carboxylic acids is 1. The van der Waals surface area contributed by atoms with Crippen LogP contribution in [0.2, 0.25) is 0 Å². The molecule has 0 saturated heterocycles. The van der Waals surface area contributed by atoms with Crippen LogP contribution in [-0.2, 0) is 10.2 Å². The maximum atomic E-state index is 12.1. The first-order valence-electron chi connectivity index (χ1n) is 10.4. The molecule has 0 spiro atoms. The molecule has 7 heteroatoms. The Balaban J connectivity index is 1.62. The van der Waals surface area contributed by atoms with E-state index in [0.29, 0.717) is 37.0 Å². The van der Waals surface area contributed by atoms with Crippen molar-refractivity contribution in [1.82, 2.24) is 10.6 Å². The normalized spacial score (nSPS) is 16.2. The van der Waals surface area contributed by atoms with Crippen molar-refractivity contribution in [2.24, 2.45) is 4.99 Å². The molecule has 7 nitrogen and oxygen atoms in total. The molecule has 2 aromatic rings. The number of guanidine groups is 1. The van der Waals surface area contributed by atoms with Gasteiger partial charge in [0.05, 0.1) is 14.2 Å². The third kappa shape index (κ3) is 5.29. The highest BCUT2D eigenvalue weighted by atomic mass is 16.5. The number of benzene rings is 2. The highest BCUT2D eigenvalue weighted by molar-refractivity contribution is 5.94. The molecule has 1 unspecified atom stereocenters. The summed E-state index contributed by atoms with van der Waals surface area (Å²) in [5.74, 6) is 2.27. The van der Waals surface area contributed by atoms with Gasteiger partial charge in [0.15, 0.2) is 17.5 Å². The van der Waals surface area contributed by atoms with Crippen LogP contribution < -0.4 is 25.4 Å². The molecule has 1 aliphatic heterocycles. The van der Waals surface area contributed by atoms with E-state index in [2.05, 4.69) is 46.9 Å². The summed E-state index contributed by atoms with van der Waals surface area (Å²) in [5, 5.41) is 9.74. The third-order valence-electron chi connectivity index (χ3n) is 5.71. The van der Waals surface area contributed by atoms with E-state index in [-0.39, 0.29) is 17.2 Å². The van der Waals surface area contributed by atoms with E-state index in [1.165, 1.54) is 0 Å². The molecule has 0 fully saturated rings. The van der Waals surface area contributed by atoms with Gasteiger partial charge in [0.1, 0.15) is 0 Å². The summed E-state index contributed by atoms with van der Waals surface area (Å²) in [6.07, 6.45) is 0.456.